The van der Waals surface area contributed by atoms with E-state index >= 15 is 0 Å². The van der Waals surface area contributed by atoms with Crippen molar-refractivity contribution < 1.29 is 23.9 Å². The molecule has 7 heteroatoms. The van der Waals surface area contributed by atoms with Crippen LogP contribution in [-0.4, -0.2) is 35.5 Å². The van der Waals surface area contributed by atoms with Gasteiger partial charge in [0.25, 0.3) is 5.91 Å². The number of aromatic nitrogens is 1. The molecule has 1 aromatic carbocycles. The molecule has 0 aliphatic carbocycles. The largest absolute Gasteiger partial charge is 0.461 e. The van der Waals surface area contributed by atoms with Crippen molar-refractivity contribution in [2.24, 2.45) is 0 Å². The monoisotopic (exact) mass is 400 g/mol. The van der Waals surface area contributed by atoms with Crippen LogP contribution in [0, 0.1) is 13.8 Å². The van der Waals surface area contributed by atoms with E-state index in [-0.39, 0.29) is 23.8 Å². The number of aryl methyl sites for hydroxylation is 1. The second kappa shape index (κ2) is 9.41. The van der Waals surface area contributed by atoms with Crippen molar-refractivity contribution in [1.29, 1.82) is 0 Å². The highest BCUT2D eigenvalue weighted by molar-refractivity contribution is 6.01. The summed E-state index contributed by atoms with van der Waals surface area (Å²) in [5.74, 6) is -1.41. The highest BCUT2D eigenvalue weighted by Crippen LogP contribution is 2.24. The fourth-order valence-corrected chi connectivity index (χ4v) is 3.09. The number of para-hydroxylation sites is 1. The van der Waals surface area contributed by atoms with Crippen LogP contribution in [0.5, 0.6) is 0 Å². The molecule has 1 heterocycles. The van der Waals surface area contributed by atoms with Gasteiger partial charge < -0.3 is 19.8 Å². The van der Waals surface area contributed by atoms with Crippen molar-refractivity contribution in [3.8, 4) is 0 Å². The van der Waals surface area contributed by atoms with E-state index in [0.717, 1.165) is 5.56 Å². The zero-order valence-corrected chi connectivity index (χ0v) is 17.7. The normalized spacial score (nSPS) is 11.8. The molecule has 0 fully saturated rings. The third kappa shape index (κ3) is 5.04. The van der Waals surface area contributed by atoms with Crippen molar-refractivity contribution >= 4 is 23.5 Å². The summed E-state index contributed by atoms with van der Waals surface area (Å²) < 4.78 is 10.3. The number of nitrogens with one attached hydrogen (secondary N) is 2. The van der Waals surface area contributed by atoms with Crippen LogP contribution >= 0.6 is 0 Å². The van der Waals surface area contributed by atoms with Crippen LogP contribution in [0.1, 0.15) is 71.3 Å². The molecule has 0 radical (unpaired) electrons. The van der Waals surface area contributed by atoms with Crippen molar-refractivity contribution in [2.45, 2.75) is 53.6 Å². The SMILES string of the molecule is CCOC(=O)c1[nH]c(C)c(C(=O)O[C@@H](C)C(=O)Nc2ccccc2C(C)C)c1C. The van der Waals surface area contributed by atoms with E-state index in [1.807, 2.05) is 38.1 Å². The summed E-state index contributed by atoms with van der Waals surface area (Å²) in [7, 11) is 0. The van der Waals surface area contributed by atoms with Crippen LogP contribution in [-0.2, 0) is 14.3 Å². The average Bonchev–Trinajstić information content (AvgIpc) is 2.96. The zero-order valence-electron chi connectivity index (χ0n) is 17.7. The summed E-state index contributed by atoms with van der Waals surface area (Å²) >= 11 is 0. The summed E-state index contributed by atoms with van der Waals surface area (Å²) in [4.78, 5) is 40.1. The number of hydrogen-bond acceptors (Lipinski definition) is 5. The molecule has 0 saturated carbocycles. The van der Waals surface area contributed by atoms with Crippen LogP contribution in [0.4, 0.5) is 5.69 Å². The Hall–Kier alpha value is -3.09. The molecule has 7 nitrogen and oxygen atoms in total. The molecule has 0 unspecified atom stereocenters. The van der Waals surface area contributed by atoms with E-state index in [0.29, 0.717) is 16.9 Å². The Balaban J connectivity index is 2.13. The van der Waals surface area contributed by atoms with Gasteiger partial charge in [-0.15, -0.1) is 0 Å². The minimum atomic E-state index is -1.01. The fourth-order valence-electron chi connectivity index (χ4n) is 3.09. The molecule has 1 amide bonds. The minimum absolute atomic E-state index is 0.208. The lowest BCUT2D eigenvalue weighted by atomic mass is 10.0. The number of rotatable bonds is 7. The quantitative estimate of drug-likeness (QED) is 0.682. The number of carbonyl (C=O) groups excluding carboxylic acids is 3. The number of H-pyrrole nitrogens is 1. The van der Waals surface area contributed by atoms with Gasteiger partial charge in [-0.1, -0.05) is 32.0 Å². The highest BCUT2D eigenvalue weighted by Gasteiger charge is 2.27. The molecule has 1 atom stereocenters. The lowest BCUT2D eigenvalue weighted by molar-refractivity contribution is -0.123. The van der Waals surface area contributed by atoms with E-state index in [1.54, 1.807) is 20.8 Å². The second-order valence-corrected chi connectivity index (χ2v) is 7.12. The van der Waals surface area contributed by atoms with Gasteiger partial charge in [0.05, 0.1) is 12.2 Å². The predicted octanol–water partition coefficient (Wildman–Crippen LogP) is 4.12. The van der Waals surface area contributed by atoms with Gasteiger partial charge in [0.2, 0.25) is 0 Å². The molecule has 2 rings (SSSR count). The van der Waals surface area contributed by atoms with Crippen LogP contribution < -0.4 is 5.32 Å². The van der Waals surface area contributed by atoms with Crippen LogP contribution in [0.15, 0.2) is 24.3 Å². The first-order chi connectivity index (χ1) is 13.7. The molecule has 29 heavy (non-hydrogen) atoms. The molecule has 2 N–H and O–H groups in total. The smallest absolute Gasteiger partial charge is 0.355 e. The summed E-state index contributed by atoms with van der Waals surface area (Å²) in [6.07, 6.45) is -1.01. The molecule has 0 spiro atoms. The Labute approximate surface area is 170 Å². The van der Waals surface area contributed by atoms with E-state index in [1.165, 1.54) is 6.92 Å². The first-order valence-electron chi connectivity index (χ1n) is 9.64. The average molecular weight is 400 g/mol. The Morgan fingerprint density at radius 3 is 2.34 bits per heavy atom. The lowest BCUT2D eigenvalue weighted by Crippen LogP contribution is -2.30. The second-order valence-electron chi connectivity index (χ2n) is 7.12. The number of carbonyl (C=O) groups is 3. The van der Waals surface area contributed by atoms with Crippen molar-refractivity contribution in [3.05, 3.63) is 52.3 Å². The predicted molar refractivity (Wildman–Crippen MR) is 110 cm³/mol. The van der Waals surface area contributed by atoms with E-state index in [2.05, 4.69) is 10.3 Å². The van der Waals surface area contributed by atoms with E-state index < -0.39 is 23.9 Å². The van der Waals surface area contributed by atoms with Gasteiger partial charge in [-0.3, -0.25) is 4.79 Å². The standard InChI is InChI=1S/C22H28N2O5/c1-7-28-22(27)19-13(4)18(14(5)23-19)21(26)29-15(6)20(25)24-17-11-9-8-10-16(17)12(2)3/h8-12,15,23H,7H2,1-6H3,(H,24,25)/t15-/m0/s1. The third-order valence-corrected chi connectivity index (χ3v) is 4.61. The third-order valence-electron chi connectivity index (χ3n) is 4.61. The van der Waals surface area contributed by atoms with Gasteiger partial charge in [-0.25, -0.2) is 9.59 Å². The number of ether oxygens (including phenoxy) is 2. The minimum Gasteiger partial charge on any atom is -0.461 e. The lowest BCUT2D eigenvalue weighted by Gasteiger charge is -2.17. The van der Waals surface area contributed by atoms with Gasteiger partial charge in [0.1, 0.15) is 5.69 Å². The molecular weight excluding hydrogens is 372 g/mol. The number of esters is 2. The van der Waals surface area contributed by atoms with Crippen LogP contribution in [0.2, 0.25) is 0 Å². The number of hydrogen-bond donors (Lipinski definition) is 2. The van der Waals surface area contributed by atoms with E-state index in [9.17, 15) is 14.4 Å². The Morgan fingerprint density at radius 2 is 1.72 bits per heavy atom. The maximum absolute atomic E-state index is 12.6. The van der Waals surface area contributed by atoms with Gasteiger partial charge in [-0.2, -0.15) is 0 Å². The van der Waals surface area contributed by atoms with Gasteiger partial charge in [0, 0.05) is 11.4 Å². The number of anilines is 1. The molecule has 2 aromatic rings. The van der Waals surface area contributed by atoms with Crippen LogP contribution in [0.3, 0.4) is 0 Å². The number of amides is 1. The zero-order chi connectivity index (χ0) is 21.7. The van der Waals surface area contributed by atoms with Crippen molar-refractivity contribution in [3.63, 3.8) is 0 Å². The molecule has 1 aromatic heterocycles. The molecule has 0 aliphatic rings. The fraction of sp³-hybridized carbons (Fsp3) is 0.409. The molecule has 0 aliphatic heterocycles. The number of benzene rings is 1. The first kappa shape index (κ1) is 22.2. The maximum atomic E-state index is 12.6. The highest BCUT2D eigenvalue weighted by atomic mass is 16.5. The van der Waals surface area contributed by atoms with Gasteiger partial charge >= 0.3 is 11.9 Å². The first-order valence-corrected chi connectivity index (χ1v) is 9.64. The van der Waals surface area contributed by atoms with Gasteiger partial charge in [-0.05, 0) is 50.8 Å². The summed E-state index contributed by atoms with van der Waals surface area (Å²) in [5.41, 5.74) is 3.04. The molecule has 0 saturated heterocycles. The number of aromatic amines is 1. The Kier molecular flexibility index (Phi) is 7.20. The Bertz CT molecular complexity index is 914. The maximum Gasteiger partial charge on any atom is 0.355 e. The topological polar surface area (TPSA) is 97.5 Å². The molecule has 156 valence electrons. The van der Waals surface area contributed by atoms with E-state index in [4.69, 9.17) is 9.47 Å². The van der Waals surface area contributed by atoms with Crippen LogP contribution in [0.25, 0.3) is 0 Å². The Morgan fingerprint density at radius 1 is 1.07 bits per heavy atom. The summed E-state index contributed by atoms with van der Waals surface area (Å²) in [6.45, 7) is 10.8. The van der Waals surface area contributed by atoms with Crippen molar-refractivity contribution in [2.75, 3.05) is 11.9 Å². The molecule has 0 bridgehead atoms. The molecular formula is C22H28N2O5. The summed E-state index contributed by atoms with van der Waals surface area (Å²) in [6, 6.07) is 7.50. The summed E-state index contributed by atoms with van der Waals surface area (Å²) in [5, 5.41) is 2.82. The van der Waals surface area contributed by atoms with Crippen molar-refractivity contribution in [1.82, 2.24) is 4.98 Å². The van der Waals surface area contributed by atoms with Gasteiger partial charge in [0.15, 0.2) is 6.10 Å².